The molecule has 0 radical (unpaired) electrons. The maximum absolute atomic E-state index is 12.9. The van der Waals surface area contributed by atoms with Gasteiger partial charge in [0.25, 0.3) is 0 Å². The molecule has 298 valence electrons. The summed E-state index contributed by atoms with van der Waals surface area (Å²) in [5.74, 6) is -0.639. The number of unbranched alkanes of at least 4 members (excludes halogenated alkanes) is 17. The normalized spacial score (nSPS) is 23.0. The third kappa shape index (κ3) is 22.9. The summed E-state index contributed by atoms with van der Waals surface area (Å²) >= 11 is 0. The van der Waals surface area contributed by atoms with Gasteiger partial charge in [0.1, 0.15) is 30.5 Å². The quantitative estimate of drug-likeness (QED) is 0.0311. The van der Waals surface area contributed by atoms with E-state index in [1.807, 2.05) is 6.08 Å². The van der Waals surface area contributed by atoms with E-state index in [1.54, 1.807) is 6.08 Å². The molecule has 1 heterocycles. The molecule has 51 heavy (non-hydrogen) atoms. The molecule has 0 spiro atoms. The molecule has 1 fully saturated rings. The van der Waals surface area contributed by atoms with Gasteiger partial charge >= 0.3 is 0 Å². The molecule has 10 nitrogen and oxygen atoms in total. The summed E-state index contributed by atoms with van der Waals surface area (Å²) in [6.45, 7) is 3.52. The number of allylic oxidation sites excluding steroid dienone is 5. The van der Waals surface area contributed by atoms with Crippen molar-refractivity contribution in [3.8, 4) is 0 Å². The third-order valence-electron chi connectivity index (χ3n) is 9.54. The molecule has 7 N–H and O–H groups in total. The Kier molecular flexibility index (Phi) is 29.6. The fraction of sp³-hybridized carbons (Fsp3) is 0.829. The Morgan fingerprint density at radius 3 is 1.71 bits per heavy atom. The highest BCUT2D eigenvalue weighted by atomic mass is 16.7. The van der Waals surface area contributed by atoms with Crippen molar-refractivity contribution in [2.45, 2.75) is 204 Å². The van der Waals surface area contributed by atoms with Crippen LogP contribution in [0.2, 0.25) is 0 Å². The van der Waals surface area contributed by atoms with E-state index in [4.69, 9.17) is 9.47 Å². The predicted molar refractivity (Wildman–Crippen MR) is 204 cm³/mol. The van der Waals surface area contributed by atoms with Crippen molar-refractivity contribution in [2.75, 3.05) is 13.2 Å². The Labute approximate surface area is 309 Å². The first-order chi connectivity index (χ1) is 24.8. The molecule has 0 aromatic rings. The first-order valence-corrected chi connectivity index (χ1v) is 20.3. The SMILES string of the molecule is CCCCCCC/C=C/CC/C=C/C(O)C(COC1OC(CO)C(O)C(O)C1O)NC(=O)C(O)CCCCCC/C=C\CCCCCCCCC. The zero-order valence-electron chi connectivity index (χ0n) is 32.0. The molecule has 1 aliphatic rings. The van der Waals surface area contributed by atoms with Gasteiger partial charge in [0.2, 0.25) is 5.91 Å². The molecule has 8 unspecified atom stereocenters. The topological polar surface area (TPSA) is 169 Å². The molecule has 1 amide bonds. The van der Waals surface area contributed by atoms with Crippen LogP contribution in [0.15, 0.2) is 36.5 Å². The summed E-state index contributed by atoms with van der Waals surface area (Å²) in [5, 5.41) is 64.3. The van der Waals surface area contributed by atoms with Crippen molar-refractivity contribution in [3.05, 3.63) is 36.5 Å². The van der Waals surface area contributed by atoms with Crippen molar-refractivity contribution >= 4 is 5.91 Å². The first-order valence-electron chi connectivity index (χ1n) is 20.3. The van der Waals surface area contributed by atoms with Crippen LogP contribution < -0.4 is 5.32 Å². The summed E-state index contributed by atoms with van der Waals surface area (Å²) in [5.41, 5.74) is 0. The minimum Gasteiger partial charge on any atom is -0.394 e. The average molecular weight is 726 g/mol. The van der Waals surface area contributed by atoms with Crippen molar-refractivity contribution in [1.82, 2.24) is 5.32 Å². The molecule has 0 aliphatic carbocycles. The fourth-order valence-corrected chi connectivity index (χ4v) is 6.11. The summed E-state index contributed by atoms with van der Waals surface area (Å²) in [7, 11) is 0. The number of aliphatic hydroxyl groups excluding tert-OH is 6. The van der Waals surface area contributed by atoms with Gasteiger partial charge in [-0.3, -0.25) is 4.79 Å². The molecule has 10 heteroatoms. The van der Waals surface area contributed by atoms with Crippen molar-refractivity contribution in [3.63, 3.8) is 0 Å². The zero-order chi connectivity index (χ0) is 37.5. The number of hydrogen-bond donors (Lipinski definition) is 7. The first kappa shape index (κ1) is 47.4. The van der Waals surface area contributed by atoms with Crippen molar-refractivity contribution in [1.29, 1.82) is 0 Å². The van der Waals surface area contributed by atoms with E-state index in [-0.39, 0.29) is 13.0 Å². The molecule has 1 saturated heterocycles. The van der Waals surface area contributed by atoms with Gasteiger partial charge in [0.15, 0.2) is 6.29 Å². The number of hydrogen-bond acceptors (Lipinski definition) is 9. The third-order valence-corrected chi connectivity index (χ3v) is 9.54. The van der Waals surface area contributed by atoms with Crippen LogP contribution in [0.4, 0.5) is 0 Å². The van der Waals surface area contributed by atoms with Crippen LogP contribution in [-0.4, -0.2) is 98.7 Å². The highest BCUT2D eigenvalue weighted by molar-refractivity contribution is 5.80. The lowest BCUT2D eigenvalue weighted by Gasteiger charge is -2.40. The molecule has 1 aliphatic heterocycles. The van der Waals surface area contributed by atoms with E-state index in [0.29, 0.717) is 12.8 Å². The van der Waals surface area contributed by atoms with Gasteiger partial charge in [0, 0.05) is 0 Å². The highest BCUT2D eigenvalue weighted by Gasteiger charge is 2.44. The maximum Gasteiger partial charge on any atom is 0.249 e. The fourth-order valence-electron chi connectivity index (χ4n) is 6.11. The lowest BCUT2D eigenvalue weighted by atomic mass is 9.99. The molecular weight excluding hydrogens is 650 g/mol. The monoisotopic (exact) mass is 726 g/mol. The summed E-state index contributed by atoms with van der Waals surface area (Å²) < 4.78 is 11.1. The standard InChI is InChI=1S/C41H75NO9/c1-3-5-7-9-11-13-15-16-17-18-20-22-24-26-28-30-35(45)40(49)42-33(32-50-41-39(48)38(47)37(46)36(31-43)51-41)34(44)29-27-25-23-21-19-14-12-10-8-6-4-2/h17-19,21,27,29,33-39,41,43-48H,3-16,20,22-26,28,30-32H2,1-2H3,(H,42,49)/b18-17-,21-19+,29-27+. The highest BCUT2D eigenvalue weighted by Crippen LogP contribution is 2.22. The largest absolute Gasteiger partial charge is 0.394 e. The Morgan fingerprint density at radius 2 is 1.16 bits per heavy atom. The Bertz CT molecular complexity index is 912. The Balaban J connectivity index is 2.51. The number of nitrogens with one attached hydrogen (secondary N) is 1. The van der Waals surface area contributed by atoms with Crippen LogP contribution in [-0.2, 0) is 14.3 Å². The van der Waals surface area contributed by atoms with E-state index in [1.165, 1.54) is 77.0 Å². The van der Waals surface area contributed by atoms with E-state index < -0.39 is 61.5 Å². The van der Waals surface area contributed by atoms with Gasteiger partial charge in [-0.1, -0.05) is 134 Å². The van der Waals surface area contributed by atoms with Gasteiger partial charge in [-0.05, 0) is 57.8 Å². The maximum atomic E-state index is 12.9. The molecular formula is C41H75NO9. The van der Waals surface area contributed by atoms with Crippen LogP contribution in [0.3, 0.4) is 0 Å². The molecule has 0 bridgehead atoms. The van der Waals surface area contributed by atoms with Crippen LogP contribution in [0, 0.1) is 0 Å². The average Bonchev–Trinajstić information content (AvgIpc) is 3.13. The van der Waals surface area contributed by atoms with Gasteiger partial charge in [-0.25, -0.2) is 0 Å². The smallest absolute Gasteiger partial charge is 0.249 e. The lowest BCUT2D eigenvalue weighted by molar-refractivity contribution is -0.302. The van der Waals surface area contributed by atoms with E-state index in [0.717, 1.165) is 44.9 Å². The Morgan fingerprint density at radius 1 is 0.667 bits per heavy atom. The van der Waals surface area contributed by atoms with Crippen LogP contribution >= 0.6 is 0 Å². The van der Waals surface area contributed by atoms with Gasteiger partial charge in [-0.2, -0.15) is 0 Å². The van der Waals surface area contributed by atoms with Gasteiger partial charge in [0.05, 0.1) is 25.4 Å². The number of amides is 1. The summed E-state index contributed by atoms with van der Waals surface area (Å²) in [6.07, 6.45) is 26.7. The minimum absolute atomic E-state index is 0.289. The van der Waals surface area contributed by atoms with E-state index in [2.05, 4.69) is 43.5 Å². The molecule has 0 saturated carbocycles. The van der Waals surface area contributed by atoms with E-state index in [9.17, 15) is 35.4 Å². The van der Waals surface area contributed by atoms with Crippen molar-refractivity contribution in [2.24, 2.45) is 0 Å². The second-order valence-electron chi connectivity index (χ2n) is 14.2. The second-order valence-corrected chi connectivity index (χ2v) is 14.2. The van der Waals surface area contributed by atoms with E-state index >= 15 is 0 Å². The summed E-state index contributed by atoms with van der Waals surface area (Å²) in [6, 6.07) is -0.998. The zero-order valence-corrected chi connectivity index (χ0v) is 32.0. The van der Waals surface area contributed by atoms with Crippen LogP contribution in [0.25, 0.3) is 0 Å². The Hall–Kier alpha value is -1.63. The molecule has 1 rings (SSSR count). The van der Waals surface area contributed by atoms with Crippen LogP contribution in [0.1, 0.15) is 155 Å². The van der Waals surface area contributed by atoms with Crippen molar-refractivity contribution < 1.29 is 44.9 Å². The number of rotatable bonds is 32. The lowest BCUT2D eigenvalue weighted by Crippen LogP contribution is -2.60. The molecule has 8 atom stereocenters. The summed E-state index contributed by atoms with van der Waals surface area (Å²) in [4.78, 5) is 12.9. The minimum atomic E-state index is -1.61. The predicted octanol–water partition coefficient (Wildman–Crippen LogP) is 6.30. The molecule has 0 aromatic carbocycles. The van der Waals surface area contributed by atoms with Gasteiger partial charge < -0.3 is 45.4 Å². The molecule has 0 aromatic heterocycles. The second kappa shape index (κ2) is 31.9. The number of ether oxygens (including phenoxy) is 2. The number of aliphatic hydroxyl groups is 6. The number of carbonyl (C=O) groups excluding carboxylic acids is 1. The van der Waals surface area contributed by atoms with Crippen LogP contribution in [0.5, 0.6) is 0 Å². The number of carbonyl (C=O) groups is 1. The van der Waals surface area contributed by atoms with Gasteiger partial charge in [-0.15, -0.1) is 0 Å².